The van der Waals surface area contributed by atoms with Crippen molar-refractivity contribution in [2.45, 2.75) is 12.6 Å². The van der Waals surface area contributed by atoms with E-state index in [1.54, 1.807) is 24.3 Å². The summed E-state index contributed by atoms with van der Waals surface area (Å²) in [6.45, 7) is -0.195. The molecule has 0 aliphatic heterocycles. The van der Waals surface area contributed by atoms with Crippen molar-refractivity contribution in [1.29, 1.82) is 0 Å². The molecule has 27 heavy (non-hydrogen) atoms. The highest BCUT2D eigenvalue weighted by atomic mass is 19.4. The summed E-state index contributed by atoms with van der Waals surface area (Å²) < 4.78 is 37.6. The van der Waals surface area contributed by atoms with Crippen LogP contribution in [0.5, 0.6) is 0 Å². The van der Waals surface area contributed by atoms with Gasteiger partial charge in [0.25, 0.3) is 0 Å². The molecule has 2 aromatic rings. The first-order valence-corrected chi connectivity index (χ1v) is 7.95. The van der Waals surface area contributed by atoms with Crippen LogP contribution in [-0.4, -0.2) is 30.3 Å². The number of hydrogen-bond donors (Lipinski definition) is 1. The van der Waals surface area contributed by atoms with E-state index in [1.165, 1.54) is 24.1 Å². The zero-order chi connectivity index (χ0) is 20.0. The van der Waals surface area contributed by atoms with Gasteiger partial charge in [-0.25, -0.2) is 0 Å². The van der Waals surface area contributed by atoms with Crippen molar-refractivity contribution in [2.24, 2.45) is 0 Å². The molecule has 0 atom stereocenters. The van der Waals surface area contributed by atoms with Crippen molar-refractivity contribution in [2.75, 3.05) is 18.9 Å². The smallest absolute Gasteiger partial charge is 0.336 e. The largest absolute Gasteiger partial charge is 0.416 e. The molecule has 1 N–H and O–H groups in total. The molecule has 0 fully saturated rings. The lowest BCUT2D eigenvalue weighted by atomic mass is 10.1. The van der Waals surface area contributed by atoms with Crippen LogP contribution in [0.3, 0.4) is 0 Å². The molecule has 0 spiro atoms. The van der Waals surface area contributed by atoms with E-state index in [2.05, 4.69) is 11.2 Å². The first-order valence-electron chi connectivity index (χ1n) is 7.95. The van der Waals surface area contributed by atoms with Crippen molar-refractivity contribution < 1.29 is 22.8 Å². The number of likely N-dealkylation sites (N-methyl/N-ethyl adjacent to an activating group) is 1. The summed E-state index contributed by atoms with van der Waals surface area (Å²) in [4.78, 5) is 25.4. The fourth-order valence-electron chi connectivity index (χ4n) is 2.31. The van der Waals surface area contributed by atoms with Crippen LogP contribution in [0.1, 0.15) is 16.7 Å². The fourth-order valence-corrected chi connectivity index (χ4v) is 2.31. The van der Waals surface area contributed by atoms with Gasteiger partial charge >= 0.3 is 6.18 Å². The molecule has 0 radical (unpaired) electrons. The van der Waals surface area contributed by atoms with Crippen LogP contribution in [0.2, 0.25) is 0 Å². The third kappa shape index (κ3) is 5.89. The molecule has 0 heterocycles. The zero-order valence-electron chi connectivity index (χ0n) is 14.5. The summed E-state index contributed by atoms with van der Waals surface area (Å²) >= 11 is 0. The van der Waals surface area contributed by atoms with Crippen molar-refractivity contribution in [3.8, 4) is 12.3 Å². The number of hydrogen-bond acceptors (Lipinski definition) is 2. The number of benzene rings is 2. The van der Waals surface area contributed by atoms with E-state index < -0.39 is 17.6 Å². The summed E-state index contributed by atoms with van der Waals surface area (Å²) in [6, 6.07) is 11.1. The molecule has 2 amide bonds. The van der Waals surface area contributed by atoms with Gasteiger partial charge in [-0.3, -0.25) is 9.59 Å². The van der Waals surface area contributed by atoms with Gasteiger partial charge in [-0.2, -0.15) is 13.2 Å². The molecule has 140 valence electrons. The normalized spacial score (nSPS) is 10.8. The number of carbonyl (C=O) groups is 2. The monoisotopic (exact) mass is 374 g/mol. The zero-order valence-corrected chi connectivity index (χ0v) is 14.5. The van der Waals surface area contributed by atoms with Crippen LogP contribution >= 0.6 is 0 Å². The van der Waals surface area contributed by atoms with Crippen LogP contribution < -0.4 is 5.32 Å². The SMILES string of the molecule is C#Cc1cccc(NC(=O)CN(C)C(=O)Cc2ccc(C(F)(F)F)cc2)c1. The molecule has 0 bridgehead atoms. The van der Waals surface area contributed by atoms with E-state index in [1.807, 2.05) is 0 Å². The Morgan fingerprint density at radius 1 is 1.15 bits per heavy atom. The number of rotatable bonds is 5. The number of alkyl halides is 3. The Kier molecular flexibility index (Phi) is 6.24. The number of halogens is 3. The summed E-state index contributed by atoms with van der Waals surface area (Å²) in [5.41, 5.74) is 0.779. The van der Waals surface area contributed by atoms with Gasteiger partial charge in [0.1, 0.15) is 0 Å². The van der Waals surface area contributed by atoms with Crippen molar-refractivity contribution >= 4 is 17.5 Å². The highest BCUT2D eigenvalue weighted by Gasteiger charge is 2.30. The number of carbonyl (C=O) groups excluding carboxylic acids is 2. The maximum Gasteiger partial charge on any atom is 0.416 e. The van der Waals surface area contributed by atoms with Gasteiger partial charge in [-0.1, -0.05) is 24.1 Å². The summed E-state index contributed by atoms with van der Waals surface area (Å²) in [5, 5.41) is 2.64. The Morgan fingerprint density at radius 3 is 2.41 bits per heavy atom. The molecule has 0 aliphatic carbocycles. The van der Waals surface area contributed by atoms with Gasteiger partial charge in [0.2, 0.25) is 11.8 Å². The van der Waals surface area contributed by atoms with Crippen LogP contribution in [-0.2, 0) is 22.2 Å². The average Bonchev–Trinajstić information content (AvgIpc) is 2.61. The van der Waals surface area contributed by atoms with Crippen LogP contribution in [0.15, 0.2) is 48.5 Å². The van der Waals surface area contributed by atoms with E-state index in [4.69, 9.17) is 6.42 Å². The fraction of sp³-hybridized carbons (Fsp3) is 0.200. The molecular weight excluding hydrogens is 357 g/mol. The minimum atomic E-state index is -4.42. The Labute approximate surface area is 155 Å². The maximum absolute atomic E-state index is 12.5. The summed E-state index contributed by atoms with van der Waals surface area (Å²) in [6.07, 6.45) is 0.773. The van der Waals surface area contributed by atoms with Gasteiger partial charge in [0, 0.05) is 18.3 Å². The molecule has 7 heteroatoms. The van der Waals surface area contributed by atoms with Gasteiger partial charge in [-0.05, 0) is 35.9 Å². The molecule has 0 unspecified atom stereocenters. The van der Waals surface area contributed by atoms with Crippen molar-refractivity contribution in [3.63, 3.8) is 0 Å². The maximum atomic E-state index is 12.5. The van der Waals surface area contributed by atoms with E-state index in [9.17, 15) is 22.8 Å². The molecule has 0 saturated carbocycles. The third-order valence-electron chi connectivity index (χ3n) is 3.76. The number of anilines is 1. The predicted molar refractivity (Wildman–Crippen MR) is 95.8 cm³/mol. The topological polar surface area (TPSA) is 49.4 Å². The van der Waals surface area contributed by atoms with Gasteiger partial charge in [-0.15, -0.1) is 6.42 Å². The second kappa shape index (κ2) is 8.41. The number of nitrogens with one attached hydrogen (secondary N) is 1. The molecule has 2 aromatic carbocycles. The van der Waals surface area contributed by atoms with Crippen LogP contribution in [0, 0.1) is 12.3 Å². The quantitative estimate of drug-likeness (QED) is 0.817. The first kappa shape index (κ1) is 20.0. The third-order valence-corrected chi connectivity index (χ3v) is 3.76. The highest BCUT2D eigenvalue weighted by molar-refractivity contribution is 5.94. The average molecular weight is 374 g/mol. The lowest BCUT2D eigenvalue weighted by molar-refractivity contribution is -0.137. The second-order valence-electron chi connectivity index (χ2n) is 5.89. The lowest BCUT2D eigenvalue weighted by Crippen LogP contribution is -2.35. The molecule has 0 aliphatic rings. The summed E-state index contributed by atoms with van der Waals surface area (Å²) in [5.74, 6) is 1.66. The number of amides is 2. The Hall–Kier alpha value is -3.27. The van der Waals surface area contributed by atoms with E-state index >= 15 is 0 Å². The number of nitrogens with zero attached hydrogens (tertiary/aromatic N) is 1. The molecule has 0 saturated heterocycles. The number of terminal acetylenes is 1. The first-order chi connectivity index (χ1) is 12.7. The lowest BCUT2D eigenvalue weighted by Gasteiger charge is -2.17. The predicted octanol–water partition coefficient (Wildman–Crippen LogP) is 3.33. The van der Waals surface area contributed by atoms with Crippen LogP contribution in [0.25, 0.3) is 0 Å². The molecule has 4 nitrogen and oxygen atoms in total. The van der Waals surface area contributed by atoms with E-state index in [-0.39, 0.29) is 18.9 Å². The van der Waals surface area contributed by atoms with Crippen LogP contribution in [0.4, 0.5) is 18.9 Å². The highest BCUT2D eigenvalue weighted by Crippen LogP contribution is 2.29. The Bertz CT molecular complexity index is 868. The standard InChI is InChI=1S/C20H17F3N2O2/c1-3-14-5-4-6-17(11-14)24-18(26)13-25(2)19(27)12-15-7-9-16(10-8-15)20(21,22)23/h1,4-11H,12-13H2,2H3,(H,24,26). The van der Waals surface area contributed by atoms with Gasteiger partial charge < -0.3 is 10.2 Å². The van der Waals surface area contributed by atoms with E-state index in [0.29, 0.717) is 16.8 Å². The van der Waals surface area contributed by atoms with Gasteiger partial charge in [0.15, 0.2) is 0 Å². The molecular formula is C20H17F3N2O2. The molecule has 2 rings (SSSR count). The summed E-state index contributed by atoms with van der Waals surface area (Å²) in [7, 11) is 1.45. The second-order valence-corrected chi connectivity index (χ2v) is 5.89. The minimum Gasteiger partial charge on any atom is -0.336 e. The van der Waals surface area contributed by atoms with E-state index in [0.717, 1.165) is 12.1 Å². The Balaban J connectivity index is 1.91. The minimum absolute atomic E-state index is 0.103. The van der Waals surface area contributed by atoms with Crippen molar-refractivity contribution in [1.82, 2.24) is 4.90 Å². The van der Waals surface area contributed by atoms with Crippen molar-refractivity contribution in [3.05, 3.63) is 65.2 Å². The Morgan fingerprint density at radius 2 is 1.81 bits per heavy atom. The molecule has 0 aromatic heterocycles. The van der Waals surface area contributed by atoms with Gasteiger partial charge in [0.05, 0.1) is 18.5 Å².